The fourth-order valence-corrected chi connectivity index (χ4v) is 2.70. The van der Waals surface area contributed by atoms with Crippen LogP contribution in [0.15, 0.2) is 29.5 Å². The van der Waals surface area contributed by atoms with Crippen molar-refractivity contribution in [1.82, 2.24) is 0 Å². The summed E-state index contributed by atoms with van der Waals surface area (Å²) in [6.07, 6.45) is 3.56. The molecule has 0 aliphatic carbocycles. The molecule has 0 unspecified atom stereocenters. The Hall–Kier alpha value is -2.68. The molecule has 0 amide bonds. The second-order valence-corrected chi connectivity index (χ2v) is 5.33. The van der Waals surface area contributed by atoms with Gasteiger partial charge in [-0.05, 0) is 37.5 Å². The zero-order valence-electron chi connectivity index (χ0n) is 11.9. The number of piperidine rings is 1. The minimum atomic E-state index is -0.251. The summed E-state index contributed by atoms with van der Waals surface area (Å²) >= 11 is 6.33. The Morgan fingerprint density at radius 1 is 1.05 bits per heavy atom. The van der Waals surface area contributed by atoms with Gasteiger partial charge in [0.2, 0.25) is 0 Å². The molecule has 1 saturated heterocycles. The Morgan fingerprint density at radius 2 is 1.73 bits per heavy atom. The van der Waals surface area contributed by atoms with Gasteiger partial charge in [-0.3, -0.25) is 0 Å². The zero-order chi connectivity index (χ0) is 15.9. The second kappa shape index (κ2) is 7.36. The Morgan fingerprint density at radius 3 is 2.27 bits per heavy atom. The third kappa shape index (κ3) is 3.50. The van der Waals surface area contributed by atoms with Crippen molar-refractivity contribution in [3.8, 4) is 18.2 Å². The van der Waals surface area contributed by atoms with Crippen LogP contribution in [0.4, 0.5) is 11.4 Å². The summed E-state index contributed by atoms with van der Waals surface area (Å²) in [6.45, 7) is 1.98. The highest BCUT2D eigenvalue weighted by Crippen LogP contribution is 2.31. The maximum Gasteiger partial charge on any atom is 0.163 e. The number of halogens is 1. The van der Waals surface area contributed by atoms with Gasteiger partial charge in [0.25, 0.3) is 0 Å². The van der Waals surface area contributed by atoms with Gasteiger partial charge in [-0.1, -0.05) is 11.6 Å². The largest absolute Gasteiger partial charge is 0.370 e. The molecule has 0 saturated carbocycles. The highest BCUT2D eigenvalue weighted by atomic mass is 35.5. The summed E-state index contributed by atoms with van der Waals surface area (Å²) in [6, 6.07) is 10.6. The second-order valence-electron chi connectivity index (χ2n) is 4.92. The fourth-order valence-electron chi connectivity index (χ4n) is 2.40. The highest BCUT2D eigenvalue weighted by Gasteiger charge is 2.14. The molecule has 0 radical (unpaired) electrons. The first kappa shape index (κ1) is 15.7. The first-order chi connectivity index (χ1) is 10.7. The first-order valence-electron chi connectivity index (χ1n) is 6.95. The topological polar surface area (TPSA) is 86.6 Å². The van der Waals surface area contributed by atoms with Gasteiger partial charge < -0.3 is 10.2 Å². The molecule has 1 heterocycles. The van der Waals surface area contributed by atoms with Crippen LogP contribution < -0.4 is 10.2 Å². The summed E-state index contributed by atoms with van der Waals surface area (Å²) < 4.78 is 0. The summed E-state index contributed by atoms with van der Waals surface area (Å²) in [4.78, 5) is 2.24. The molecule has 1 N–H and O–H groups in total. The van der Waals surface area contributed by atoms with Gasteiger partial charge in [0.15, 0.2) is 5.57 Å². The van der Waals surface area contributed by atoms with E-state index in [9.17, 15) is 0 Å². The Balaban J connectivity index is 2.23. The lowest BCUT2D eigenvalue weighted by atomic mass is 10.1. The molecule has 2 rings (SSSR count). The molecule has 1 aromatic rings. The average molecular weight is 312 g/mol. The lowest BCUT2D eigenvalue weighted by Crippen LogP contribution is -2.29. The standard InChI is InChI=1S/C16H14ClN5/c17-14-8-13(21-15(11-20)12(9-18)10-19)4-5-16(14)22-6-2-1-3-7-22/h4-5,8,21H,1-3,6-7H2. The van der Waals surface area contributed by atoms with E-state index in [0.29, 0.717) is 10.7 Å². The van der Waals surface area contributed by atoms with Gasteiger partial charge >= 0.3 is 0 Å². The van der Waals surface area contributed by atoms with E-state index in [1.807, 2.05) is 12.1 Å². The van der Waals surface area contributed by atoms with Crippen LogP contribution in [0.1, 0.15) is 19.3 Å². The normalized spacial score (nSPS) is 13.5. The van der Waals surface area contributed by atoms with Crippen LogP contribution >= 0.6 is 11.6 Å². The average Bonchev–Trinajstić information content (AvgIpc) is 2.56. The van der Waals surface area contributed by atoms with Gasteiger partial charge in [0.05, 0.1) is 10.7 Å². The molecule has 110 valence electrons. The molecule has 0 aromatic heterocycles. The van der Waals surface area contributed by atoms with Crippen molar-refractivity contribution in [2.45, 2.75) is 19.3 Å². The lowest BCUT2D eigenvalue weighted by Gasteiger charge is -2.29. The molecule has 1 aliphatic heterocycles. The van der Waals surface area contributed by atoms with Gasteiger partial charge in [-0.2, -0.15) is 15.8 Å². The first-order valence-corrected chi connectivity index (χ1v) is 7.33. The van der Waals surface area contributed by atoms with Crippen LogP contribution in [0.2, 0.25) is 5.02 Å². The van der Waals surface area contributed by atoms with Crippen LogP contribution in [0.3, 0.4) is 0 Å². The van der Waals surface area contributed by atoms with Crippen molar-refractivity contribution in [2.24, 2.45) is 0 Å². The maximum absolute atomic E-state index is 9.03. The number of allylic oxidation sites excluding steroid dienone is 2. The molecule has 1 fully saturated rings. The zero-order valence-corrected chi connectivity index (χ0v) is 12.7. The SMILES string of the molecule is N#CC(C#N)=C(C#N)Nc1ccc(N2CCCCC2)c(Cl)c1. The highest BCUT2D eigenvalue weighted by molar-refractivity contribution is 6.33. The number of hydrogen-bond acceptors (Lipinski definition) is 5. The summed E-state index contributed by atoms with van der Waals surface area (Å²) in [5.74, 6) is 0. The predicted molar refractivity (Wildman–Crippen MR) is 85.0 cm³/mol. The van der Waals surface area contributed by atoms with Crippen molar-refractivity contribution >= 4 is 23.0 Å². The number of nitrogens with one attached hydrogen (secondary N) is 1. The third-order valence-corrected chi connectivity index (χ3v) is 3.80. The number of hydrogen-bond donors (Lipinski definition) is 1. The summed E-state index contributed by atoms with van der Waals surface area (Å²) in [5, 5.41) is 30.0. The molecule has 0 bridgehead atoms. The number of nitrogens with zero attached hydrogens (tertiary/aromatic N) is 4. The Labute approximate surface area is 134 Å². The molecule has 22 heavy (non-hydrogen) atoms. The van der Waals surface area contributed by atoms with Crippen LogP contribution in [0.5, 0.6) is 0 Å². The van der Waals surface area contributed by atoms with E-state index in [2.05, 4.69) is 10.2 Å². The van der Waals surface area contributed by atoms with Crippen molar-refractivity contribution in [3.05, 3.63) is 34.5 Å². The Bertz CT molecular complexity index is 696. The van der Waals surface area contributed by atoms with Crippen LogP contribution in [0.25, 0.3) is 0 Å². The van der Waals surface area contributed by atoms with Crippen LogP contribution in [-0.4, -0.2) is 13.1 Å². The monoisotopic (exact) mass is 311 g/mol. The number of nitriles is 3. The molecule has 5 nitrogen and oxygen atoms in total. The smallest absolute Gasteiger partial charge is 0.163 e. The molecular weight excluding hydrogens is 298 g/mol. The number of anilines is 2. The van der Waals surface area contributed by atoms with Crippen molar-refractivity contribution in [3.63, 3.8) is 0 Å². The molecule has 6 heteroatoms. The van der Waals surface area contributed by atoms with E-state index in [4.69, 9.17) is 27.4 Å². The minimum absolute atomic E-state index is 0.0770. The van der Waals surface area contributed by atoms with Gasteiger partial charge in [-0.15, -0.1) is 0 Å². The fraction of sp³-hybridized carbons (Fsp3) is 0.312. The predicted octanol–water partition coefficient (Wildman–Crippen LogP) is 3.57. The van der Waals surface area contributed by atoms with E-state index < -0.39 is 0 Å². The molecule has 0 atom stereocenters. The Kier molecular flexibility index (Phi) is 5.26. The van der Waals surface area contributed by atoms with Crippen molar-refractivity contribution in [2.75, 3.05) is 23.3 Å². The van der Waals surface area contributed by atoms with E-state index >= 15 is 0 Å². The molecule has 0 spiro atoms. The van der Waals surface area contributed by atoms with E-state index in [1.54, 1.807) is 24.3 Å². The van der Waals surface area contributed by atoms with Crippen LogP contribution in [0, 0.1) is 34.0 Å². The maximum atomic E-state index is 9.03. The lowest BCUT2D eigenvalue weighted by molar-refractivity contribution is 0.578. The number of rotatable bonds is 3. The van der Waals surface area contributed by atoms with Gasteiger partial charge in [0, 0.05) is 18.8 Å². The van der Waals surface area contributed by atoms with E-state index in [-0.39, 0.29) is 11.3 Å². The minimum Gasteiger partial charge on any atom is -0.370 e. The molecular formula is C16H14ClN5. The van der Waals surface area contributed by atoms with Crippen molar-refractivity contribution in [1.29, 1.82) is 15.8 Å². The summed E-state index contributed by atoms with van der Waals surface area (Å²) in [5.41, 5.74) is 1.21. The van der Waals surface area contributed by atoms with E-state index in [1.165, 1.54) is 6.42 Å². The quantitative estimate of drug-likeness (QED) is 0.862. The van der Waals surface area contributed by atoms with Crippen molar-refractivity contribution < 1.29 is 0 Å². The van der Waals surface area contributed by atoms with Gasteiger partial charge in [0.1, 0.15) is 23.9 Å². The molecule has 1 aromatic carbocycles. The molecule has 1 aliphatic rings. The van der Waals surface area contributed by atoms with Crippen LogP contribution in [-0.2, 0) is 0 Å². The van der Waals surface area contributed by atoms with Gasteiger partial charge in [-0.25, -0.2) is 0 Å². The number of benzene rings is 1. The third-order valence-electron chi connectivity index (χ3n) is 3.50. The summed E-state index contributed by atoms with van der Waals surface area (Å²) in [7, 11) is 0. The van der Waals surface area contributed by atoms with E-state index in [0.717, 1.165) is 31.6 Å².